The zero-order chi connectivity index (χ0) is 12.5. The average Bonchev–Trinajstić information content (AvgIpc) is 2.29. The molecule has 6 heteroatoms. The molecular formula is C11H12BrF3N2. The van der Waals surface area contributed by atoms with Crippen LogP contribution in [0, 0.1) is 5.92 Å². The number of anilines is 1. The van der Waals surface area contributed by atoms with E-state index in [1.54, 1.807) is 6.20 Å². The summed E-state index contributed by atoms with van der Waals surface area (Å²) in [7, 11) is 0. The van der Waals surface area contributed by atoms with Gasteiger partial charge in [0.2, 0.25) is 0 Å². The zero-order valence-corrected chi connectivity index (χ0v) is 10.6. The molecule has 0 atom stereocenters. The van der Waals surface area contributed by atoms with E-state index >= 15 is 0 Å². The second kappa shape index (κ2) is 4.84. The van der Waals surface area contributed by atoms with Crippen LogP contribution in [-0.2, 0) is 0 Å². The van der Waals surface area contributed by atoms with Crippen molar-refractivity contribution in [2.75, 3.05) is 18.0 Å². The lowest BCUT2D eigenvalue weighted by molar-refractivity contribution is -0.179. The molecule has 1 fully saturated rings. The molecule has 17 heavy (non-hydrogen) atoms. The van der Waals surface area contributed by atoms with Crippen molar-refractivity contribution in [3.8, 4) is 0 Å². The van der Waals surface area contributed by atoms with Crippen LogP contribution in [0.4, 0.5) is 19.0 Å². The minimum atomic E-state index is -4.06. The molecule has 0 spiro atoms. The maximum atomic E-state index is 12.5. The van der Waals surface area contributed by atoms with Crippen LogP contribution in [0.5, 0.6) is 0 Å². The largest absolute Gasteiger partial charge is 0.391 e. The van der Waals surface area contributed by atoms with Gasteiger partial charge in [-0.15, -0.1) is 0 Å². The third-order valence-corrected chi connectivity index (χ3v) is 3.46. The number of rotatable bonds is 1. The summed E-state index contributed by atoms with van der Waals surface area (Å²) in [5, 5.41) is 0. The number of piperidine rings is 1. The first-order valence-electron chi connectivity index (χ1n) is 5.40. The van der Waals surface area contributed by atoms with Crippen molar-refractivity contribution in [2.24, 2.45) is 5.92 Å². The van der Waals surface area contributed by atoms with E-state index in [-0.39, 0.29) is 12.8 Å². The SMILES string of the molecule is FC(F)(F)C1CCN(c2ccc(Br)cn2)CC1. The highest BCUT2D eigenvalue weighted by atomic mass is 79.9. The van der Waals surface area contributed by atoms with Crippen LogP contribution in [0.2, 0.25) is 0 Å². The van der Waals surface area contributed by atoms with Crippen LogP contribution in [0.25, 0.3) is 0 Å². The Morgan fingerprint density at radius 3 is 2.35 bits per heavy atom. The number of pyridine rings is 1. The summed E-state index contributed by atoms with van der Waals surface area (Å²) in [6.45, 7) is 0.831. The van der Waals surface area contributed by atoms with Crippen LogP contribution in [0.3, 0.4) is 0 Å². The van der Waals surface area contributed by atoms with Crippen LogP contribution >= 0.6 is 15.9 Å². The number of alkyl halides is 3. The molecule has 0 bridgehead atoms. The van der Waals surface area contributed by atoms with Gasteiger partial charge in [0.15, 0.2) is 0 Å². The lowest BCUT2D eigenvalue weighted by Gasteiger charge is -2.33. The van der Waals surface area contributed by atoms with E-state index in [4.69, 9.17) is 0 Å². The lowest BCUT2D eigenvalue weighted by atomic mass is 9.96. The molecule has 1 aliphatic rings. The Morgan fingerprint density at radius 2 is 1.88 bits per heavy atom. The molecule has 0 amide bonds. The van der Waals surface area contributed by atoms with Gasteiger partial charge in [-0.05, 0) is 40.9 Å². The topological polar surface area (TPSA) is 16.1 Å². The first-order valence-corrected chi connectivity index (χ1v) is 6.19. The molecule has 2 heterocycles. The molecule has 0 aromatic carbocycles. The number of nitrogens with zero attached hydrogens (tertiary/aromatic N) is 2. The van der Waals surface area contributed by atoms with E-state index in [9.17, 15) is 13.2 Å². The summed E-state index contributed by atoms with van der Waals surface area (Å²) < 4.78 is 38.3. The molecule has 1 aliphatic heterocycles. The fraction of sp³-hybridized carbons (Fsp3) is 0.545. The second-order valence-corrected chi connectivity index (χ2v) is 5.05. The molecule has 0 unspecified atom stereocenters. The minimum Gasteiger partial charge on any atom is -0.357 e. The van der Waals surface area contributed by atoms with Gasteiger partial charge >= 0.3 is 6.18 Å². The molecular weight excluding hydrogens is 297 g/mol. The van der Waals surface area contributed by atoms with Crippen molar-refractivity contribution in [3.05, 3.63) is 22.8 Å². The van der Waals surface area contributed by atoms with Gasteiger partial charge in [-0.25, -0.2) is 4.98 Å². The van der Waals surface area contributed by atoms with Crippen molar-refractivity contribution < 1.29 is 13.2 Å². The standard InChI is InChI=1S/C11H12BrF3N2/c12-9-1-2-10(16-7-9)17-5-3-8(4-6-17)11(13,14)15/h1-2,7-8H,3-6H2. The van der Waals surface area contributed by atoms with Gasteiger partial charge in [0.05, 0.1) is 5.92 Å². The van der Waals surface area contributed by atoms with Crippen molar-refractivity contribution >= 4 is 21.7 Å². The Kier molecular flexibility index (Phi) is 3.61. The maximum Gasteiger partial charge on any atom is 0.391 e. The summed E-state index contributed by atoms with van der Waals surface area (Å²) in [5.74, 6) is -0.414. The molecule has 1 aromatic heterocycles. The highest BCUT2D eigenvalue weighted by molar-refractivity contribution is 9.10. The number of hydrogen-bond acceptors (Lipinski definition) is 2. The van der Waals surface area contributed by atoms with Crippen molar-refractivity contribution in [1.82, 2.24) is 4.98 Å². The molecule has 1 saturated heterocycles. The molecule has 0 N–H and O–H groups in total. The Bertz CT molecular complexity index is 369. The van der Waals surface area contributed by atoms with Crippen molar-refractivity contribution in [3.63, 3.8) is 0 Å². The van der Waals surface area contributed by atoms with E-state index in [0.717, 1.165) is 10.3 Å². The van der Waals surface area contributed by atoms with E-state index in [0.29, 0.717) is 13.1 Å². The summed E-state index contributed by atoms with van der Waals surface area (Å²) in [6, 6.07) is 3.66. The smallest absolute Gasteiger partial charge is 0.357 e. The van der Waals surface area contributed by atoms with E-state index in [1.165, 1.54) is 0 Å². The third kappa shape index (κ3) is 3.12. The fourth-order valence-electron chi connectivity index (χ4n) is 1.99. The van der Waals surface area contributed by atoms with Crippen LogP contribution < -0.4 is 4.90 Å². The van der Waals surface area contributed by atoms with Crippen LogP contribution in [0.15, 0.2) is 22.8 Å². The van der Waals surface area contributed by atoms with Crippen molar-refractivity contribution in [2.45, 2.75) is 19.0 Å². The second-order valence-electron chi connectivity index (χ2n) is 4.14. The first-order chi connectivity index (χ1) is 7.97. The Labute approximate surface area is 106 Å². The van der Waals surface area contributed by atoms with Gasteiger partial charge in [0, 0.05) is 23.8 Å². The lowest BCUT2D eigenvalue weighted by Crippen LogP contribution is -2.39. The molecule has 2 nitrogen and oxygen atoms in total. The first kappa shape index (κ1) is 12.7. The van der Waals surface area contributed by atoms with Gasteiger partial charge < -0.3 is 4.90 Å². The van der Waals surface area contributed by atoms with Gasteiger partial charge in [-0.2, -0.15) is 13.2 Å². The van der Waals surface area contributed by atoms with Gasteiger partial charge in [0.1, 0.15) is 5.82 Å². The van der Waals surface area contributed by atoms with Gasteiger partial charge in [-0.1, -0.05) is 0 Å². The predicted molar refractivity (Wildman–Crippen MR) is 62.9 cm³/mol. The Hall–Kier alpha value is -0.780. The highest BCUT2D eigenvalue weighted by Gasteiger charge is 2.41. The fourth-order valence-corrected chi connectivity index (χ4v) is 2.23. The summed E-state index contributed by atoms with van der Waals surface area (Å²) in [6.07, 6.45) is -2.09. The summed E-state index contributed by atoms with van der Waals surface area (Å²) >= 11 is 3.28. The summed E-state index contributed by atoms with van der Waals surface area (Å²) in [4.78, 5) is 6.08. The molecule has 1 aromatic rings. The number of halogens is 4. The zero-order valence-electron chi connectivity index (χ0n) is 9.04. The molecule has 0 aliphatic carbocycles. The quantitative estimate of drug-likeness (QED) is 0.787. The average molecular weight is 309 g/mol. The normalized spacial score (nSPS) is 18.5. The molecule has 0 radical (unpaired) electrons. The Balaban J connectivity index is 1.97. The monoisotopic (exact) mass is 308 g/mol. The van der Waals surface area contributed by atoms with Gasteiger partial charge in [-0.3, -0.25) is 0 Å². The third-order valence-electron chi connectivity index (χ3n) is 2.99. The van der Waals surface area contributed by atoms with Crippen LogP contribution in [-0.4, -0.2) is 24.2 Å². The predicted octanol–water partition coefficient (Wildman–Crippen LogP) is 3.62. The van der Waals surface area contributed by atoms with E-state index in [1.807, 2.05) is 17.0 Å². The van der Waals surface area contributed by atoms with Crippen LogP contribution in [0.1, 0.15) is 12.8 Å². The number of aromatic nitrogens is 1. The molecule has 2 rings (SSSR count). The van der Waals surface area contributed by atoms with E-state index < -0.39 is 12.1 Å². The molecule has 94 valence electrons. The Morgan fingerprint density at radius 1 is 1.24 bits per heavy atom. The minimum absolute atomic E-state index is 0.154. The van der Waals surface area contributed by atoms with Gasteiger partial charge in [0.25, 0.3) is 0 Å². The highest BCUT2D eigenvalue weighted by Crippen LogP contribution is 2.35. The number of hydrogen-bond donors (Lipinski definition) is 0. The maximum absolute atomic E-state index is 12.5. The van der Waals surface area contributed by atoms with Crippen molar-refractivity contribution in [1.29, 1.82) is 0 Å². The van der Waals surface area contributed by atoms with E-state index in [2.05, 4.69) is 20.9 Å². The molecule has 0 saturated carbocycles. The summed E-state index contributed by atoms with van der Waals surface area (Å²) in [5.41, 5.74) is 0.